The quantitative estimate of drug-likeness (QED) is 0.777. The molecular weight excluding hydrogens is 176 g/mol. The Morgan fingerprint density at radius 1 is 1.50 bits per heavy atom. The van der Waals surface area contributed by atoms with Crippen LogP contribution in [0.25, 0.3) is 0 Å². The number of aryl methyl sites for hydroxylation is 1. The number of ether oxygens (including phenoxy) is 1. The second-order valence-electron chi connectivity index (χ2n) is 3.44. The summed E-state index contributed by atoms with van der Waals surface area (Å²) < 4.78 is 5.09. The van der Waals surface area contributed by atoms with Crippen LogP contribution >= 0.6 is 0 Å². The third-order valence-corrected chi connectivity index (χ3v) is 2.33. The Balaban J connectivity index is 2.50. The zero-order valence-corrected chi connectivity index (χ0v) is 8.86. The van der Waals surface area contributed by atoms with Crippen molar-refractivity contribution in [3.63, 3.8) is 0 Å². The van der Waals surface area contributed by atoms with Crippen LogP contribution in [0, 0.1) is 0 Å². The van der Waals surface area contributed by atoms with Crippen LogP contribution in [0.1, 0.15) is 25.3 Å². The largest absolute Gasteiger partial charge is 0.495 e. The van der Waals surface area contributed by atoms with Crippen LogP contribution in [-0.2, 0) is 6.42 Å². The summed E-state index contributed by atoms with van der Waals surface area (Å²) >= 11 is 0. The van der Waals surface area contributed by atoms with Gasteiger partial charge in [0.05, 0.1) is 13.3 Å². The highest BCUT2D eigenvalue weighted by Gasteiger charge is 2.01. The van der Waals surface area contributed by atoms with Gasteiger partial charge in [-0.3, -0.25) is 4.98 Å². The molecule has 14 heavy (non-hydrogen) atoms. The standard InChI is InChI=1S/C11H18N2O/c1-3-10(12)5-4-9-6-11(14-2)8-13-7-9/h6-8,10H,3-5,12H2,1-2H3. The van der Waals surface area contributed by atoms with E-state index in [9.17, 15) is 0 Å². The number of aromatic nitrogens is 1. The van der Waals surface area contributed by atoms with Gasteiger partial charge in [-0.05, 0) is 30.9 Å². The molecule has 1 atom stereocenters. The Morgan fingerprint density at radius 2 is 2.29 bits per heavy atom. The Labute approximate surface area is 85.3 Å². The molecule has 1 unspecified atom stereocenters. The van der Waals surface area contributed by atoms with Gasteiger partial charge < -0.3 is 10.5 Å². The SMILES string of the molecule is CCC(N)CCc1cncc(OC)c1. The van der Waals surface area contributed by atoms with Gasteiger partial charge in [0.25, 0.3) is 0 Å². The van der Waals surface area contributed by atoms with Gasteiger partial charge in [0.15, 0.2) is 0 Å². The topological polar surface area (TPSA) is 48.1 Å². The molecule has 0 bridgehead atoms. The molecule has 2 N–H and O–H groups in total. The number of hydrogen-bond donors (Lipinski definition) is 1. The number of pyridine rings is 1. The second-order valence-corrected chi connectivity index (χ2v) is 3.44. The van der Waals surface area contributed by atoms with Crippen molar-refractivity contribution in [1.29, 1.82) is 0 Å². The molecule has 0 aliphatic heterocycles. The first kappa shape index (κ1) is 11.0. The highest BCUT2D eigenvalue weighted by Crippen LogP contribution is 2.12. The molecule has 0 saturated carbocycles. The van der Waals surface area contributed by atoms with Crippen LogP contribution in [0.4, 0.5) is 0 Å². The molecule has 0 aliphatic carbocycles. The zero-order chi connectivity index (χ0) is 10.4. The summed E-state index contributed by atoms with van der Waals surface area (Å²) in [5.41, 5.74) is 7.03. The first-order valence-corrected chi connectivity index (χ1v) is 4.99. The molecule has 0 fully saturated rings. The molecule has 0 radical (unpaired) electrons. The predicted octanol–water partition coefficient (Wildman–Crippen LogP) is 1.76. The van der Waals surface area contributed by atoms with Crippen LogP contribution in [0.15, 0.2) is 18.5 Å². The van der Waals surface area contributed by atoms with Crippen LogP contribution in [0.5, 0.6) is 5.75 Å². The summed E-state index contributed by atoms with van der Waals surface area (Å²) in [6.45, 7) is 2.11. The number of rotatable bonds is 5. The van der Waals surface area contributed by atoms with Crippen molar-refractivity contribution in [1.82, 2.24) is 4.98 Å². The maximum absolute atomic E-state index is 5.84. The molecule has 0 aliphatic rings. The van der Waals surface area contributed by atoms with Gasteiger partial charge in [-0.15, -0.1) is 0 Å². The zero-order valence-electron chi connectivity index (χ0n) is 8.86. The molecule has 3 nitrogen and oxygen atoms in total. The van der Waals surface area contributed by atoms with Gasteiger partial charge >= 0.3 is 0 Å². The lowest BCUT2D eigenvalue weighted by atomic mass is 10.1. The number of nitrogens with zero attached hydrogens (tertiary/aromatic N) is 1. The number of hydrogen-bond acceptors (Lipinski definition) is 3. The molecule has 0 spiro atoms. The van der Waals surface area contributed by atoms with Crippen LogP contribution in [0.2, 0.25) is 0 Å². The molecule has 1 heterocycles. The Hall–Kier alpha value is -1.09. The van der Waals surface area contributed by atoms with Gasteiger partial charge in [-0.1, -0.05) is 6.92 Å². The molecule has 1 aromatic rings. The molecule has 3 heteroatoms. The van der Waals surface area contributed by atoms with Crippen LogP contribution in [-0.4, -0.2) is 18.1 Å². The van der Waals surface area contributed by atoms with Gasteiger partial charge in [0, 0.05) is 12.2 Å². The van der Waals surface area contributed by atoms with Gasteiger partial charge in [-0.25, -0.2) is 0 Å². The van der Waals surface area contributed by atoms with Crippen molar-refractivity contribution >= 4 is 0 Å². The Bertz CT molecular complexity index is 276. The lowest BCUT2D eigenvalue weighted by Gasteiger charge is -2.08. The first-order chi connectivity index (χ1) is 6.76. The lowest BCUT2D eigenvalue weighted by molar-refractivity contribution is 0.412. The molecule has 0 amide bonds. The van der Waals surface area contributed by atoms with Gasteiger partial charge in [0.1, 0.15) is 5.75 Å². The number of methoxy groups -OCH3 is 1. The van der Waals surface area contributed by atoms with Crippen molar-refractivity contribution in [2.45, 2.75) is 32.2 Å². The molecule has 0 aromatic carbocycles. The summed E-state index contributed by atoms with van der Waals surface area (Å²) in [5, 5.41) is 0. The first-order valence-electron chi connectivity index (χ1n) is 4.99. The van der Waals surface area contributed by atoms with Crippen molar-refractivity contribution in [3.05, 3.63) is 24.0 Å². The third-order valence-electron chi connectivity index (χ3n) is 2.33. The average Bonchev–Trinajstić information content (AvgIpc) is 2.26. The van der Waals surface area contributed by atoms with E-state index >= 15 is 0 Å². The van der Waals surface area contributed by atoms with Crippen molar-refractivity contribution in [3.8, 4) is 5.75 Å². The summed E-state index contributed by atoms with van der Waals surface area (Å²) in [4.78, 5) is 4.09. The lowest BCUT2D eigenvalue weighted by Crippen LogP contribution is -2.19. The fourth-order valence-electron chi connectivity index (χ4n) is 1.27. The second kappa shape index (κ2) is 5.60. The average molecular weight is 194 g/mol. The highest BCUT2D eigenvalue weighted by molar-refractivity contribution is 5.23. The summed E-state index contributed by atoms with van der Waals surface area (Å²) in [6.07, 6.45) is 6.58. The molecule has 1 aromatic heterocycles. The normalized spacial score (nSPS) is 12.5. The minimum Gasteiger partial charge on any atom is -0.495 e. The fourth-order valence-corrected chi connectivity index (χ4v) is 1.27. The van der Waals surface area contributed by atoms with E-state index in [1.165, 1.54) is 5.56 Å². The molecular formula is C11H18N2O. The van der Waals surface area contributed by atoms with Crippen molar-refractivity contribution in [2.75, 3.05) is 7.11 Å². The molecule has 0 saturated heterocycles. The Morgan fingerprint density at radius 3 is 2.93 bits per heavy atom. The van der Waals surface area contributed by atoms with E-state index in [0.717, 1.165) is 25.0 Å². The van der Waals surface area contributed by atoms with E-state index in [2.05, 4.69) is 11.9 Å². The van der Waals surface area contributed by atoms with E-state index < -0.39 is 0 Å². The maximum atomic E-state index is 5.84. The minimum absolute atomic E-state index is 0.293. The summed E-state index contributed by atoms with van der Waals surface area (Å²) in [5.74, 6) is 0.813. The summed E-state index contributed by atoms with van der Waals surface area (Å²) in [7, 11) is 1.65. The van der Waals surface area contributed by atoms with E-state index in [1.54, 1.807) is 13.3 Å². The summed E-state index contributed by atoms with van der Waals surface area (Å²) in [6, 6.07) is 2.30. The third kappa shape index (κ3) is 3.34. The monoisotopic (exact) mass is 194 g/mol. The van der Waals surface area contributed by atoms with Crippen molar-refractivity contribution in [2.24, 2.45) is 5.73 Å². The van der Waals surface area contributed by atoms with Crippen LogP contribution < -0.4 is 10.5 Å². The molecule has 1 rings (SSSR count). The van der Waals surface area contributed by atoms with Crippen molar-refractivity contribution < 1.29 is 4.74 Å². The fraction of sp³-hybridized carbons (Fsp3) is 0.545. The van der Waals surface area contributed by atoms with E-state index in [0.29, 0.717) is 6.04 Å². The Kier molecular flexibility index (Phi) is 4.40. The number of nitrogens with two attached hydrogens (primary N) is 1. The highest BCUT2D eigenvalue weighted by atomic mass is 16.5. The van der Waals surface area contributed by atoms with E-state index in [1.807, 2.05) is 12.3 Å². The van der Waals surface area contributed by atoms with Crippen LogP contribution in [0.3, 0.4) is 0 Å². The van der Waals surface area contributed by atoms with Gasteiger partial charge in [0.2, 0.25) is 0 Å². The van der Waals surface area contributed by atoms with E-state index in [-0.39, 0.29) is 0 Å². The maximum Gasteiger partial charge on any atom is 0.137 e. The minimum atomic E-state index is 0.293. The predicted molar refractivity (Wildman–Crippen MR) is 57.4 cm³/mol. The van der Waals surface area contributed by atoms with E-state index in [4.69, 9.17) is 10.5 Å². The van der Waals surface area contributed by atoms with Gasteiger partial charge in [-0.2, -0.15) is 0 Å². The smallest absolute Gasteiger partial charge is 0.137 e. The molecule has 78 valence electrons.